The number of imide groups is 1. The lowest BCUT2D eigenvalue weighted by Gasteiger charge is -2.20. The zero-order chi connectivity index (χ0) is 14.5. The number of amides is 3. The van der Waals surface area contributed by atoms with Gasteiger partial charge in [0.25, 0.3) is 0 Å². The molecule has 1 rings (SSSR count). The quantitative estimate of drug-likeness (QED) is 0.571. The molecule has 1 fully saturated rings. The molecule has 1 aliphatic rings. The lowest BCUT2D eigenvalue weighted by atomic mass is 10.1. The minimum absolute atomic E-state index is 0.135. The van der Waals surface area contributed by atoms with Gasteiger partial charge in [-0.25, -0.2) is 4.79 Å². The average Bonchev–Trinajstić information content (AvgIpc) is 2.78. The van der Waals surface area contributed by atoms with E-state index in [9.17, 15) is 14.4 Å². The molecule has 3 amide bonds. The summed E-state index contributed by atoms with van der Waals surface area (Å²) in [5.41, 5.74) is -1.21. The minimum atomic E-state index is -1.21. The van der Waals surface area contributed by atoms with Crippen molar-refractivity contribution in [3.63, 3.8) is 0 Å². The number of nitrogens with one attached hydrogen (secondary N) is 3. The Hall–Kier alpha value is -1.63. The molecule has 0 radical (unpaired) electrons. The maximum Gasteiger partial charge on any atom is 0.323 e. The summed E-state index contributed by atoms with van der Waals surface area (Å²) in [7, 11) is 0. The van der Waals surface area contributed by atoms with Crippen LogP contribution in [0.5, 0.6) is 0 Å². The second kappa shape index (κ2) is 6.51. The van der Waals surface area contributed by atoms with E-state index in [0.29, 0.717) is 0 Å². The Kier molecular flexibility index (Phi) is 5.29. The van der Waals surface area contributed by atoms with Crippen LogP contribution in [-0.2, 0) is 9.59 Å². The largest absolute Gasteiger partial charge is 0.480 e. The third-order valence-electron chi connectivity index (χ3n) is 3.17. The van der Waals surface area contributed by atoms with Crippen molar-refractivity contribution in [1.29, 1.82) is 0 Å². The molecule has 108 valence electrons. The van der Waals surface area contributed by atoms with Crippen LogP contribution in [-0.4, -0.2) is 41.1 Å². The summed E-state index contributed by atoms with van der Waals surface area (Å²) < 4.78 is 0. The molecule has 7 heteroatoms. The molecule has 0 aromatic rings. The van der Waals surface area contributed by atoms with Gasteiger partial charge in [0.2, 0.25) is 5.91 Å². The highest BCUT2D eigenvalue weighted by Gasteiger charge is 2.27. The van der Waals surface area contributed by atoms with E-state index >= 15 is 0 Å². The molecule has 19 heavy (non-hydrogen) atoms. The molecule has 0 heterocycles. The standard InChI is InChI=1S/C12H21N3O4/c1-12(2,10(17)18)13-7-9(16)15-11(19)14-8-5-3-4-6-8/h8,13H,3-7H2,1-2H3,(H,17,18)(H2,14,15,16,19). The Morgan fingerprint density at radius 1 is 1.21 bits per heavy atom. The normalized spacial score (nSPS) is 16.1. The lowest BCUT2D eigenvalue weighted by molar-refractivity contribution is -0.143. The SMILES string of the molecule is CC(C)(NCC(=O)NC(=O)NC1CCCC1)C(=O)O. The second-order valence-electron chi connectivity index (χ2n) is 5.29. The summed E-state index contributed by atoms with van der Waals surface area (Å²) in [5.74, 6) is -1.61. The van der Waals surface area contributed by atoms with Crippen LogP contribution in [0.2, 0.25) is 0 Å². The fraction of sp³-hybridized carbons (Fsp3) is 0.750. The Bertz CT molecular complexity index is 362. The van der Waals surface area contributed by atoms with Gasteiger partial charge in [0.15, 0.2) is 0 Å². The number of rotatable bonds is 5. The van der Waals surface area contributed by atoms with Gasteiger partial charge in [-0.1, -0.05) is 12.8 Å². The van der Waals surface area contributed by atoms with E-state index in [-0.39, 0.29) is 12.6 Å². The van der Waals surface area contributed by atoms with Gasteiger partial charge >= 0.3 is 12.0 Å². The van der Waals surface area contributed by atoms with Gasteiger partial charge in [0.1, 0.15) is 5.54 Å². The topological polar surface area (TPSA) is 108 Å². The highest BCUT2D eigenvalue weighted by Crippen LogP contribution is 2.17. The van der Waals surface area contributed by atoms with E-state index in [2.05, 4.69) is 16.0 Å². The first kappa shape index (κ1) is 15.4. The van der Waals surface area contributed by atoms with E-state index in [4.69, 9.17) is 5.11 Å². The van der Waals surface area contributed by atoms with Crippen LogP contribution in [0.15, 0.2) is 0 Å². The predicted molar refractivity (Wildman–Crippen MR) is 68.6 cm³/mol. The third-order valence-corrected chi connectivity index (χ3v) is 3.17. The van der Waals surface area contributed by atoms with E-state index in [1.54, 1.807) is 0 Å². The maximum absolute atomic E-state index is 11.5. The number of hydrogen-bond acceptors (Lipinski definition) is 4. The first-order chi connectivity index (χ1) is 8.81. The van der Waals surface area contributed by atoms with Crippen LogP contribution in [0.4, 0.5) is 4.79 Å². The van der Waals surface area contributed by atoms with Crippen molar-refractivity contribution in [2.24, 2.45) is 0 Å². The molecule has 0 aromatic carbocycles. The molecule has 0 saturated heterocycles. The monoisotopic (exact) mass is 271 g/mol. The number of hydrogen-bond donors (Lipinski definition) is 4. The fourth-order valence-corrected chi connectivity index (χ4v) is 1.84. The summed E-state index contributed by atoms with van der Waals surface area (Å²) in [4.78, 5) is 33.8. The number of carbonyl (C=O) groups excluding carboxylic acids is 2. The van der Waals surface area contributed by atoms with Crippen LogP contribution in [0.3, 0.4) is 0 Å². The average molecular weight is 271 g/mol. The highest BCUT2D eigenvalue weighted by atomic mass is 16.4. The van der Waals surface area contributed by atoms with Crippen molar-refractivity contribution in [2.75, 3.05) is 6.54 Å². The van der Waals surface area contributed by atoms with Gasteiger partial charge < -0.3 is 10.4 Å². The highest BCUT2D eigenvalue weighted by molar-refractivity contribution is 5.95. The number of urea groups is 1. The van der Waals surface area contributed by atoms with Crippen molar-refractivity contribution in [3.8, 4) is 0 Å². The Morgan fingerprint density at radius 3 is 2.32 bits per heavy atom. The van der Waals surface area contributed by atoms with Gasteiger partial charge in [0.05, 0.1) is 6.54 Å². The Labute approximate surface area is 112 Å². The number of carboxylic acid groups (broad SMARTS) is 1. The zero-order valence-corrected chi connectivity index (χ0v) is 11.3. The van der Waals surface area contributed by atoms with E-state index in [0.717, 1.165) is 25.7 Å². The third kappa shape index (κ3) is 5.25. The van der Waals surface area contributed by atoms with E-state index in [1.807, 2.05) is 0 Å². The summed E-state index contributed by atoms with van der Waals surface area (Å²) in [6.45, 7) is 2.67. The zero-order valence-electron chi connectivity index (χ0n) is 11.3. The Balaban J connectivity index is 2.26. The maximum atomic E-state index is 11.5. The van der Waals surface area contributed by atoms with Crippen LogP contribution in [0, 0.1) is 0 Å². The van der Waals surface area contributed by atoms with Crippen molar-refractivity contribution in [1.82, 2.24) is 16.0 Å². The first-order valence-corrected chi connectivity index (χ1v) is 6.40. The molecule has 7 nitrogen and oxygen atoms in total. The molecular formula is C12H21N3O4. The number of aliphatic carboxylic acids is 1. The lowest BCUT2D eigenvalue weighted by Crippen LogP contribution is -2.52. The van der Waals surface area contributed by atoms with Gasteiger partial charge in [-0.2, -0.15) is 0 Å². The summed E-state index contributed by atoms with van der Waals surface area (Å²) >= 11 is 0. The van der Waals surface area contributed by atoms with Gasteiger partial charge in [-0.3, -0.25) is 20.2 Å². The Morgan fingerprint density at radius 2 is 1.79 bits per heavy atom. The smallest absolute Gasteiger partial charge is 0.323 e. The molecule has 0 atom stereocenters. The molecular weight excluding hydrogens is 250 g/mol. The molecule has 1 saturated carbocycles. The molecule has 1 aliphatic carbocycles. The number of carbonyl (C=O) groups is 3. The molecule has 0 spiro atoms. The molecule has 0 bridgehead atoms. The van der Waals surface area contributed by atoms with Gasteiger partial charge in [0, 0.05) is 6.04 Å². The molecule has 4 N–H and O–H groups in total. The molecule has 0 aliphatic heterocycles. The predicted octanol–water partition coefficient (Wildman–Crippen LogP) is 0.208. The summed E-state index contributed by atoms with van der Waals surface area (Å²) in [6, 6.07) is -0.386. The van der Waals surface area contributed by atoms with Crippen LogP contribution < -0.4 is 16.0 Å². The van der Waals surface area contributed by atoms with E-state index in [1.165, 1.54) is 13.8 Å². The van der Waals surface area contributed by atoms with Gasteiger partial charge in [-0.05, 0) is 26.7 Å². The summed E-state index contributed by atoms with van der Waals surface area (Å²) in [6.07, 6.45) is 4.05. The van der Waals surface area contributed by atoms with E-state index < -0.39 is 23.4 Å². The second-order valence-corrected chi connectivity index (χ2v) is 5.29. The number of carboxylic acids is 1. The van der Waals surface area contributed by atoms with Crippen molar-refractivity contribution in [2.45, 2.75) is 51.1 Å². The van der Waals surface area contributed by atoms with Gasteiger partial charge in [-0.15, -0.1) is 0 Å². The summed E-state index contributed by atoms with van der Waals surface area (Å²) in [5, 5.41) is 16.3. The van der Waals surface area contributed by atoms with Crippen LogP contribution in [0.25, 0.3) is 0 Å². The minimum Gasteiger partial charge on any atom is -0.480 e. The molecule has 0 aromatic heterocycles. The first-order valence-electron chi connectivity index (χ1n) is 6.40. The van der Waals surface area contributed by atoms with Crippen LogP contribution in [0.1, 0.15) is 39.5 Å². The molecule has 0 unspecified atom stereocenters. The van der Waals surface area contributed by atoms with Crippen molar-refractivity contribution in [3.05, 3.63) is 0 Å². The van der Waals surface area contributed by atoms with Crippen molar-refractivity contribution < 1.29 is 19.5 Å². The van der Waals surface area contributed by atoms with Crippen LogP contribution >= 0.6 is 0 Å². The fourth-order valence-electron chi connectivity index (χ4n) is 1.84. The van der Waals surface area contributed by atoms with Crippen molar-refractivity contribution >= 4 is 17.9 Å².